The topological polar surface area (TPSA) is 165 Å². The van der Waals surface area contributed by atoms with Crippen molar-refractivity contribution in [1.29, 1.82) is 0 Å². The quantitative estimate of drug-likeness (QED) is 0.305. The van der Waals surface area contributed by atoms with Gasteiger partial charge in [-0.2, -0.15) is 0 Å². The Labute approximate surface area is 149 Å². The van der Waals surface area contributed by atoms with Gasteiger partial charge in [0.25, 0.3) is 0 Å². The summed E-state index contributed by atoms with van der Waals surface area (Å²) >= 11 is 0. The van der Waals surface area contributed by atoms with E-state index in [2.05, 4.69) is 0 Å². The zero-order valence-corrected chi connectivity index (χ0v) is 14.1. The Kier molecular flexibility index (Phi) is 5.74. The maximum atomic E-state index is 12.1. The number of aliphatic hydroxyl groups excluding tert-OH is 2. The molecule has 1 aromatic rings. The van der Waals surface area contributed by atoms with Gasteiger partial charge in [-0.05, 0) is 23.6 Å². The van der Waals surface area contributed by atoms with Crippen molar-refractivity contribution in [3.63, 3.8) is 0 Å². The predicted octanol–water partition coefficient (Wildman–Crippen LogP) is -0.166. The van der Waals surface area contributed by atoms with Crippen LogP contribution in [0.3, 0.4) is 0 Å². The van der Waals surface area contributed by atoms with E-state index in [4.69, 9.17) is 9.84 Å². The van der Waals surface area contributed by atoms with Crippen LogP contribution in [0.5, 0.6) is 11.5 Å². The lowest BCUT2D eigenvalue weighted by molar-refractivity contribution is -0.198. The number of phenols is 2. The highest BCUT2D eigenvalue weighted by Gasteiger charge is 2.50. The van der Waals surface area contributed by atoms with E-state index in [-0.39, 0.29) is 17.9 Å². The van der Waals surface area contributed by atoms with Gasteiger partial charge >= 0.3 is 11.9 Å². The van der Waals surface area contributed by atoms with E-state index in [1.165, 1.54) is 18.2 Å². The van der Waals surface area contributed by atoms with Gasteiger partial charge in [-0.3, -0.25) is 4.79 Å². The van der Waals surface area contributed by atoms with Crippen molar-refractivity contribution in [2.75, 3.05) is 0 Å². The number of aliphatic carboxylic acids is 1. The first-order chi connectivity index (χ1) is 12.0. The zero-order chi connectivity index (χ0) is 19.6. The molecule has 9 nitrogen and oxygen atoms in total. The molecule has 0 spiro atoms. The molecule has 1 aliphatic rings. The van der Waals surface area contributed by atoms with Crippen LogP contribution in [0.15, 0.2) is 18.2 Å². The van der Waals surface area contributed by atoms with E-state index in [1.54, 1.807) is 6.92 Å². The molecule has 0 heterocycles. The fourth-order valence-electron chi connectivity index (χ4n) is 2.97. The first-order valence-electron chi connectivity index (χ1n) is 8.07. The van der Waals surface area contributed by atoms with Gasteiger partial charge in [-0.25, -0.2) is 4.79 Å². The Morgan fingerprint density at radius 3 is 2.46 bits per heavy atom. The summed E-state index contributed by atoms with van der Waals surface area (Å²) < 4.78 is 5.08. The number of hydrogen-bond donors (Lipinski definition) is 6. The highest BCUT2D eigenvalue weighted by molar-refractivity contribution is 5.77. The molecule has 0 bridgehead atoms. The van der Waals surface area contributed by atoms with Gasteiger partial charge in [-0.1, -0.05) is 13.0 Å². The van der Waals surface area contributed by atoms with Crippen molar-refractivity contribution < 1.29 is 45.0 Å². The number of ether oxygens (including phenoxy) is 1. The SMILES string of the molecule is CC(CC(=O)OC1CC(O)(C(=O)O)CC(O)C1O)c1ccc(O)c(O)c1. The molecule has 0 saturated heterocycles. The van der Waals surface area contributed by atoms with E-state index < -0.39 is 54.6 Å². The normalized spacial score (nSPS) is 29.8. The molecular weight excluding hydrogens is 348 g/mol. The Hall–Kier alpha value is -2.36. The molecule has 1 fully saturated rings. The van der Waals surface area contributed by atoms with Crippen molar-refractivity contribution in [2.45, 2.75) is 56.0 Å². The van der Waals surface area contributed by atoms with Crippen LogP contribution in [0.25, 0.3) is 0 Å². The Bertz CT molecular complexity index is 689. The maximum Gasteiger partial charge on any atom is 0.335 e. The number of hydrogen-bond acceptors (Lipinski definition) is 8. The molecule has 6 N–H and O–H groups in total. The van der Waals surface area contributed by atoms with E-state index in [0.717, 1.165) is 0 Å². The molecule has 2 rings (SSSR count). The second kappa shape index (κ2) is 7.48. The lowest BCUT2D eigenvalue weighted by Crippen LogP contribution is -2.57. The smallest absolute Gasteiger partial charge is 0.335 e. The van der Waals surface area contributed by atoms with Gasteiger partial charge in [0.2, 0.25) is 0 Å². The third-order valence-corrected chi connectivity index (χ3v) is 4.58. The summed E-state index contributed by atoms with van der Waals surface area (Å²) in [4.78, 5) is 23.3. The summed E-state index contributed by atoms with van der Waals surface area (Å²) in [7, 11) is 0. The average Bonchev–Trinajstić information content (AvgIpc) is 2.54. The number of esters is 1. The van der Waals surface area contributed by atoms with Gasteiger partial charge in [-0.15, -0.1) is 0 Å². The maximum absolute atomic E-state index is 12.1. The molecule has 5 unspecified atom stereocenters. The lowest BCUT2D eigenvalue weighted by Gasteiger charge is -2.39. The minimum atomic E-state index is -2.29. The molecule has 5 atom stereocenters. The molecular formula is C17H22O9. The van der Waals surface area contributed by atoms with E-state index in [9.17, 15) is 35.1 Å². The van der Waals surface area contributed by atoms with Crippen LogP contribution in [0.1, 0.15) is 37.7 Å². The first kappa shape index (κ1) is 20.0. The minimum Gasteiger partial charge on any atom is -0.504 e. The van der Waals surface area contributed by atoms with Crippen LogP contribution < -0.4 is 0 Å². The van der Waals surface area contributed by atoms with Crippen LogP contribution in [-0.4, -0.2) is 66.5 Å². The van der Waals surface area contributed by atoms with Crippen molar-refractivity contribution in [3.8, 4) is 11.5 Å². The number of rotatable bonds is 5. The third-order valence-electron chi connectivity index (χ3n) is 4.58. The number of carbonyl (C=O) groups excluding carboxylic acids is 1. The third kappa shape index (κ3) is 4.24. The molecule has 0 aliphatic heterocycles. The summed E-state index contributed by atoms with van der Waals surface area (Å²) in [6, 6.07) is 4.10. The van der Waals surface area contributed by atoms with Gasteiger partial charge in [0.15, 0.2) is 17.1 Å². The molecule has 0 radical (unpaired) electrons. The molecule has 0 aromatic heterocycles. The monoisotopic (exact) mass is 370 g/mol. The summed E-state index contributed by atoms with van der Waals surface area (Å²) in [6.07, 6.45) is -5.69. The summed E-state index contributed by atoms with van der Waals surface area (Å²) in [5.41, 5.74) is -1.73. The number of carboxylic acids is 1. The zero-order valence-electron chi connectivity index (χ0n) is 14.1. The Morgan fingerprint density at radius 2 is 1.88 bits per heavy atom. The predicted molar refractivity (Wildman–Crippen MR) is 86.5 cm³/mol. The number of carbonyl (C=O) groups is 2. The number of carboxylic acid groups (broad SMARTS) is 1. The van der Waals surface area contributed by atoms with E-state index in [1.807, 2.05) is 0 Å². The fraction of sp³-hybridized carbons (Fsp3) is 0.529. The van der Waals surface area contributed by atoms with Gasteiger partial charge in [0.1, 0.15) is 12.2 Å². The lowest BCUT2D eigenvalue weighted by atomic mass is 9.79. The minimum absolute atomic E-state index is 0.158. The second-order valence-corrected chi connectivity index (χ2v) is 6.68. The van der Waals surface area contributed by atoms with E-state index in [0.29, 0.717) is 5.56 Å². The Morgan fingerprint density at radius 1 is 1.23 bits per heavy atom. The number of benzene rings is 1. The number of phenolic OH excluding ortho intramolecular Hbond substituents is 2. The van der Waals surface area contributed by atoms with Crippen molar-refractivity contribution in [1.82, 2.24) is 0 Å². The van der Waals surface area contributed by atoms with Gasteiger partial charge in [0, 0.05) is 12.8 Å². The van der Waals surface area contributed by atoms with Crippen LogP contribution in [0.2, 0.25) is 0 Å². The largest absolute Gasteiger partial charge is 0.504 e. The molecule has 144 valence electrons. The van der Waals surface area contributed by atoms with Crippen LogP contribution in [-0.2, 0) is 14.3 Å². The molecule has 9 heteroatoms. The van der Waals surface area contributed by atoms with Crippen molar-refractivity contribution in [2.24, 2.45) is 0 Å². The van der Waals surface area contributed by atoms with Crippen molar-refractivity contribution >= 4 is 11.9 Å². The Balaban J connectivity index is 2.03. The number of aromatic hydroxyl groups is 2. The van der Waals surface area contributed by atoms with Gasteiger partial charge in [0.05, 0.1) is 12.5 Å². The van der Waals surface area contributed by atoms with Crippen LogP contribution in [0.4, 0.5) is 0 Å². The van der Waals surface area contributed by atoms with E-state index >= 15 is 0 Å². The van der Waals surface area contributed by atoms with Crippen LogP contribution >= 0.6 is 0 Å². The molecule has 1 aliphatic carbocycles. The molecule has 0 amide bonds. The highest BCUT2D eigenvalue weighted by Crippen LogP contribution is 2.33. The summed E-state index contributed by atoms with van der Waals surface area (Å²) in [5, 5.41) is 57.6. The molecule has 1 saturated carbocycles. The fourth-order valence-corrected chi connectivity index (χ4v) is 2.97. The highest BCUT2D eigenvalue weighted by atomic mass is 16.6. The summed E-state index contributed by atoms with van der Waals surface area (Å²) in [5.74, 6) is -3.37. The second-order valence-electron chi connectivity index (χ2n) is 6.68. The molecule has 1 aromatic carbocycles. The van der Waals surface area contributed by atoms with Crippen LogP contribution in [0, 0.1) is 0 Å². The van der Waals surface area contributed by atoms with Crippen molar-refractivity contribution in [3.05, 3.63) is 23.8 Å². The molecule has 26 heavy (non-hydrogen) atoms. The first-order valence-corrected chi connectivity index (χ1v) is 8.07. The summed E-state index contributed by atoms with van der Waals surface area (Å²) in [6.45, 7) is 1.67. The van der Waals surface area contributed by atoms with Gasteiger partial charge < -0.3 is 35.4 Å². The standard InChI is InChI=1S/C17H22O9/c1-8(9-2-3-10(18)11(19)5-9)4-14(21)26-13-7-17(25,16(23)24)6-12(20)15(13)22/h2-3,5,8,12-13,15,18-20,22,25H,4,6-7H2,1H3,(H,23,24). The number of aliphatic hydroxyl groups is 3. The average molecular weight is 370 g/mol.